The molecule has 0 unspecified atom stereocenters. The number of methoxy groups -OCH3 is 1. The fourth-order valence-corrected chi connectivity index (χ4v) is 9.28. The molecule has 2 saturated carbocycles. The molecule has 0 spiro atoms. The number of fused-ring (bicyclic) bond motifs is 1. The maximum Gasteiger partial charge on any atom is 0.408 e. The third-order valence-electron chi connectivity index (χ3n) is 11.4. The molecule has 0 bridgehead atoms. The van der Waals surface area contributed by atoms with Gasteiger partial charge in [-0.3, -0.25) is 14.4 Å². The van der Waals surface area contributed by atoms with E-state index in [1.54, 1.807) is 46.1 Å². The van der Waals surface area contributed by atoms with Crippen molar-refractivity contribution in [2.75, 3.05) is 13.7 Å². The van der Waals surface area contributed by atoms with Crippen molar-refractivity contribution in [2.45, 2.75) is 99.4 Å². The lowest BCUT2D eigenvalue weighted by Gasteiger charge is -2.40. The van der Waals surface area contributed by atoms with Gasteiger partial charge in [0.05, 0.1) is 29.8 Å². The predicted molar refractivity (Wildman–Crippen MR) is 224 cm³/mol. The van der Waals surface area contributed by atoms with Gasteiger partial charge < -0.3 is 29.7 Å². The van der Waals surface area contributed by atoms with Crippen molar-refractivity contribution in [3.05, 3.63) is 97.6 Å². The maximum atomic E-state index is 15.1. The van der Waals surface area contributed by atoms with E-state index < -0.39 is 68.6 Å². The Balaban J connectivity index is 1.23. The number of nitrogens with zero attached hydrogens (tertiary/aromatic N) is 2. The Labute approximate surface area is 350 Å². The van der Waals surface area contributed by atoms with Crippen molar-refractivity contribution in [3.8, 4) is 22.8 Å². The van der Waals surface area contributed by atoms with Crippen LogP contribution >= 0.6 is 0 Å². The minimum atomic E-state index is -4.28. The molecular formula is C45H51N5O9S. The van der Waals surface area contributed by atoms with Gasteiger partial charge in [0.2, 0.25) is 11.8 Å². The number of nitrogens with one attached hydrogen (secondary N) is 3. The molecule has 4 aromatic rings. The minimum absolute atomic E-state index is 0.0134. The molecule has 3 fully saturated rings. The third kappa shape index (κ3) is 8.81. The van der Waals surface area contributed by atoms with E-state index in [0.29, 0.717) is 53.8 Å². The predicted octanol–water partition coefficient (Wildman–Crippen LogP) is 6.05. The molecule has 3 aromatic carbocycles. The second-order valence-corrected chi connectivity index (χ2v) is 18.4. The number of ether oxygens (including phenoxy) is 3. The molecule has 3 aliphatic rings. The second-order valence-electron chi connectivity index (χ2n) is 16.7. The van der Waals surface area contributed by atoms with Crippen LogP contribution in [0.15, 0.2) is 102 Å². The molecule has 316 valence electrons. The lowest BCUT2D eigenvalue weighted by atomic mass is 9.80. The zero-order valence-corrected chi connectivity index (χ0v) is 35.0. The van der Waals surface area contributed by atoms with Gasteiger partial charge in [-0.15, -0.1) is 6.58 Å². The van der Waals surface area contributed by atoms with Crippen molar-refractivity contribution >= 4 is 44.7 Å². The number of benzene rings is 3. The molecule has 1 saturated heterocycles. The summed E-state index contributed by atoms with van der Waals surface area (Å²) >= 11 is 0. The molecule has 60 heavy (non-hydrogen) atoms. The summed E-state index contributed by atoms with van der Waals surface area (Å²) in [5.74, 6) is -1.59. The Morgan fingerprint density at radius 2 is 1.60 bits per heavy atom. The van der Waals surface area contributed by atoms with E-state index >= 15 is 4.79 Å². The van der Waals surface area contributed by atoms with Gasteiger partial charge >= 0.3 is 6.09 Å². The summed E-state index contributed by atoms with van der Waals surface area (Å²) in [4.78, 5) is 63.1. The zero-order valence-electron chi connectivity index (χ0n) is 34.2. The first-order valence-electron chi connectivity index (χ1n) is 20.2. The number of pyridine rings is 1. The fourth-order valence-electron chi connectivity index (χ4n) is 8.22. The number of carbonyl (C=O) groups is 4. The van der Waals surface area contributed by atoms with E-state index in [4.69, 9.17) is 19.2 Å². The second kappa shape index (κ2) is 16.6. The minimum Gasteiger partial charge on any atom is -0.497 e. The first kappa shape index (κ1) is 42.2. The number of likely N-dealkylation sites (tertiary alicyclic amines) is 1. The summed E-state index contributed by atoms with van der Waals surface area (Å²) in [7, 11) is -2.71. The Morgan fingerprint density at radius 3 is 2.23 bits per heavy atom. The zero-order chi connectivity index (χ0) is 42.9. The van der Waals surface area contributed by atoms with Gasteiger partial charge in [-0.2, -0.15) is 0 Å². The van der Waals surface area contributed by atoms with Gasteiger partial charge in [0.1, 0.15) is 40.3 Å². The van der Waals surface area contributed by atoms with E-state index in [0.717, 1.165) is 12.0 Å². The summed E-state index contributed by atoms with van der Waals surface area (Å²) in [6.07, 6.45) is 2.92. The van der Waals surface area contributed by atoms with E-state index in [9.17, 15) is 22.8 Å². The largest absolute Gasteiger partial charge is 0.497 e. The van der Waals surface area contributed by atoms with Crippen LogP contribution < -0.4 is 24.8 Å². The van der Waals surface area contributed by atoms with Gasteiger partial charge in [0.25, 0.3) is 15.9 Å². The van der Waals surface area contributed by atoms with Gasteiger partial charge in [0, 0.05) is 35.4 Å². The van der Waals surface area contributed by atoms with Crippen molar-refractivity contribution in [3.63, 3.8) is 0 Å². The van der Waals surface area contributed by atoms with E-state index in [1.807, 2.05) is 42.5 Å². The number of amides is 4. The van der Waals surface area contributed by atoms with Crippen LogP contribution in [0.4, 0.5) is 4.79 Å². The normalized spacial score (nSPS) is 22.3. The van der Waals surface area contributed by atoms with Crippen LogP contribution in [0, 0.1) is 5.92 Å². The summed E-state index contributed by atoms with van der Waals surface area (Å²) < 4.78 is 46.5. The molecule has 7 rings (SSSR count). The lowest BCUT2D eigenvalue weighted by Crippen LogP contribution is -2.64. The topological polar surface area (TPSA) is 182 Å². The van der Waals surface area contributed by atoms with Crippen molar-refractivity contribution in [2.24, 2.45) is 5.92 Å². The summed E-state index contributed by atoms with van der Waals surface area (Å²) in [6, 6.07) is 23.1. The number of carbonyl (C=O) groups excluding carboxylic acids is 4. The summed E-state index contributed by atoms with van der Waals surface area (Å²) in [5.41, 5.74) is -1.76. The summed E-state index contributed by atoms with van der Waals surface area (Å²) in [5, 5.41) is 6.42. The molecule has 0 radical (unpaired) electrons. The number of aromatic nitrogens is 1. The Morgan fingerprint density at radius 1 is 0.917 bits per heavy atom. The van der Waals surface area contributed by atoms with Crippen molar-refractivity contribution in [1.82, 2.24) is 25.2 Å². The number of rotatable bonds is 12. The lowest BCUT2D eigenvalue weighted by molar-refractivity contribution is -0.145. The van der Waals surface area contributed by atoms with Crippen LogP contribution in [-0.2, 0) is 29.1 Å². The smallest absolute Gasteiger partial charge is 0.408 e. The Kier molecular flexibility index (Phi) is 11.7. The standard InChI is InChI=1S/C45H51N5O9S/c1-6-30-27-45(30,40(52)49-60(55,56)33-18-12-8-13-19-33)47-39(51)37-25-32(28-50(37)41(53)44(22-14-9-15-23-44)48-42(54)59-43(2,3)4)58-38-26-35(29-16-10-7-11-17-29)46-36-24-31(57-5)20-21-34(36)38/h6-8,10-13,16-21,24,26,30,32,37H,1,9,14-15,22-23,25,27-28H2,2-5H3,(H,47,51)(H,48,54)(H,49,52)/t30-,32-,37+,45-/m1/s1. The molecule has 2 heterocycles. The molecule has 14 nitrogen and oxygen atoms in total. The molecule has 1 aliphatic heterocycles. The van der Waals surface area contributed by atoms with Crippen LogP contribution in [0.25, 0.3) is 22.2 Å². The average Bonchev–Trinajstić information content (AvgIpc) is 3.79. The van der Waals surface area contributed by atoms with E-state index in [1.165, 1.54) is 35.2 Å². The SMILES string of the molecule is C=C[C@@H]1C[C@]1(NC(=O)[C@@H]1C[C@@H](Oc2cc(-c3ccccc3)nc3cc(OC)ccc23)CN1C(=O)C1(NC(=O)OC(C)(C)C)CCCCC1)C(=O)NS(=O)(=O)c1ccccc1. The molecule has 1 aromatic heterocycles. The van der Waals surface area contributed by atoms with Crippen LogP contribution in [0.5, 0.6) is 11.5 Å². The maximum absolute atomic E-state index is 15.1. The molecule has 4 amide bonds. The van der Waals surface area contributed by atoms with Gasteiger partial charge in [-0.05, 0) is 64.3 Å². The quantitative estimate of drug-likeness (QED) is 0.142. The first-order valence-corrected chi connectivity index (χ1v) is 21.6. The highest BCUT2D eigenvalue weighted by Gasteiger charge is 2.62. The van der Waals surface area contributed by atoms with Gasteiger partial charge in [-0.1, -0.05) is 73.9 Å². The highest BCUT2D eigenvalue weighted by atomic mass is 32.2. The number of alkyl carbamates (subject to hydrolysis) is 1. The number of hydrogen-bond donors (Lipinski definition) is 3. The average molecular weight is 838 g/mol. The molecule has 3 N–H and O–H groups in total. The third-order valence-corrected chi connectivity index (χ3v) is 12.7. The van der Waals surface area contributed by atoms with Crippen molar-refractivity contribution in [1.29, 1.82) is 0 Å². The van der Waals surface area contributed by atoms with Gasteiger partial charge in [-0.25, -0.2) is 22.9 Å². The molecule has 2 aliphatic carbocycles. The van der Waals surface area contributed by atoms with Crippen LogP contribution in [0.2, 0.25) is 0 Å². The Hall–Kier alpha value is -5.96. The first-order chi connectivity index (χ1) is 28.6. The van der Waals surface area contributed by atoms with E-state index in [2.05, 4.69) is 21.9 Å². The van der Waals surface area contributed by atoms with Crippen molar-refractivity contribution < 1.29 is 41.8 Å². The highest BCUT2D eigenvalue weighted by molar-refractivity contribution is 7.90. The summed E-state index contributed by atoms with van der Waals surface area (Å²) in [6.45, 7) is 8.98. The molecule has 15 heteroatoms. The fraction of sp³-hybridized carbons (Fsp3) is 0.400. The molecular weight excluding hydrogens is 787 g/mol. The van der Waals surface area contributed by atoms with Crippen LogP contribution in [0.3, 0.4) is 0 Å². The van der Waals surface area contributed by atoms with Crippen LogP contribution in [-0.4, -0.2) is 84.6 Å². The van der Waals surface area contributed by atoms with Crippen LogP contribution in [0.1, 0.15) is 65.7 Å². The number of sulfonamides is 1. The molecule has 4 atom stereocenters. The monoisotopic (exact) mass is 837 g/mol. The van der Waals surface area contributed by atoms with Gasteiger partial charge in [0.15, 0.2) is 0 Å². The number of hydrogen-bond acceptors (Lipinski definition) is 10. The van der Waals surface area contributed by atoms with E-state index in [-0.39, 0.29) is 24.3 Å². The highest BCUT2D eigenvalue weighted by Crippen LogP contribution is 2.46. The Bertz CT molecular complexity index is 2400.